The van der Waals surface area contributed by atoms with Crippen LogP contribution in [0.2, 0.25) is 0 Å². The van der Waals surface area contributed by atoms with Crippen molar-refractivity contribution in [3.05, 3.63) is 0 Å². The average molecular weight is 232 g/mol. The molecule has 0 saturated carbocycles. The van der Waals surface area contributed by atoms with Crippen LogP contribution in [-0.2, 0) is 14.6 Å². The summed E-state index contributed by atoms with van der Waals surface area (Å²) in [5, 5.41) is 8.31. The zero-order valence-corrected chi connectivity index (χ0v) is 9.88. The van der Waals surface area contributed by atoms with Gasteiger partial charge < -0.3 is 4.90 Å². The minimum atomic E-state index is -3.08. The molecule has 1 amide bonds. The molecular formula is C9H16N2O3S. The summed E-state index contributed by atoms with van der Waals surface area (Å²) in [5.41, 5.74) is 0. The van der Waals surface area contributed by atoms with Gasteiger partial charge in [-0.05, 0) is 0 Å². The van der Waals surface area contributed by atoms with Crippen molar-refractivity contribution >= 4 is 15.7 Å². The molecule has 0 aromatic rings. The van der Waals surface area contributed by atoms with E-state index in [2.05, 4.69) is 0 Å². The highest BCUT2D eigenvalue weighted by atomic mass is 32.2. The van der Waals surface area contributed by atoms with Crippen LogP contribution in [0, 0.1) is 11.3 Å². The second-order valence-electron chi connectivity index (χ2n) is 3.21. The molecule has 0 saturated heterocycles. The predicted octanol–water partition coefficient (Wildman–Crippen LogP) is 0.183. The Morgan fingerprint density at radius 3 is 2.53 bits per heavy atom. The van der Waals surface area contributed by atoms with E-state index < -0.39 is 9.84 Å². The number of carbonyl (C=O) groups excluding carboxylic acids is 1. The lowest BCUT2D eigenvalue weighted by Gasteiger charge is -2.14. The number of carbonyl (C=O) groups is 1. The maximum Gasteiger partial charge on any atom is 0.223 e. The van der Waals surface area contributed by atoms with Crippen molar-refractivity contribution < 1.29 is 13.2 Å². The molecular weight excluding hydrogens is 216 g/mol. The van der Waals surface area contributed by atoms with Crippen LogP contribution < -0.4 is 0 Å². The first kappa shape index (κ1) is 13.9. The summed E-state index contributed by atoms with van der Waals surface area (Å²) in [6.45, 7) is 1.90. The Balaban J connectivity index is 4.00. The van der Waals surface area contributed by atoms with E-state index in [4.69, 9.17) is 5.26 Å². The molecule has 0 radical (unpaired) electrons. The second-order valence-corrected chi connectivity index (χ2v) is 5.68. The summed E-state index contributed by atoms with van der Waals surface area (Å²) in [7, 11) is -1.51. The molecule has 0 fully saturated rings. The SMILES string of the molecule is CCS(=O)(=O)CCC(=O)N(C)CCC#N. The first-order valence-corrected chi connectivity index (χ1v) is 6.56. The molecule has 0 heterocycles. The molecule has 5 nitrogen and oxygen atoms in total. The van der Waals surface area contributed by atoms with Gasteiger partial charge in [-0.15, -0.1) is 0 Å². The van der Waals surface area contributed by atoms with E-state index in [1.54, 1.807) is 14.0 Å². The Morgan fingerprint density at radius 1 is 1.47 bits per heavy atom. The molecule has 0 N–H and O–H groups in total. The van der Waals surface area contributed by atoms with Gasteiger partial charge in [-0.3, -0.25) is 4.79 Å². The van der Waals surface area contributed by atoms with Crippen LogP contribution in [0.3, 0.4) is 0 Å². The molecule has 0 aliphatic carbocycles. The molecule has 0 atom stereocenters. The van der Waals surface area contributed by atoms with Crippen LogP contribution >= 0.6 is 0 Å². The van der Waals surface area contributed by atoms with E-state index in [0.29, 0.717) is 6.54 Å². The highest BCUT2D eigenvalue weighted by molar-refractivity contribution is 7.91. The number of amides is 1. The second kappa shape index (κ2) is 6.40. The van der Waals surface area contributed by atoms with E-state index in [-0.39, 0.29) is 30.3 Å². The Labute approximate surface area is 90.6 Å². The van der Waals surface area contributed by atoms with E-state index in [1.807, 2.05) is 6.07 Å². The summed E-state index contributed by atoms with van der Waals surface area (Å²) < 4.78 is 22.2. The van der Waals surface area contributed by atoms with Gasteiger partial charge in [0.15, 0.2) is 9.84 Å². The summed E-state index contributed by atoms with van der Waals surface area (Å²) in [4.78, 5) is 12.7. The Bertz CT molecular complexity index is 343. The third-order valence-corrected chi connectivity index (χ3v) is 3.76. The lowest BCUT2D eigenvalue weighted by molar-refractivity contribution is -0.129. The van der Waals surface area contributed by atoms with Crippen molar-refractivity contribution in [1.29, 1.82) is 5.26 Å². The van der Waals surface area contributed by atoms with Crippen LogP contribution in [0.4, 0.5) is 0 Å². The lowest BCUT2D eigenvalue weighted by Crippen LogP contribution is -2.29. The molecule has 6 heteroatoms. The Kier molecular flexibility index (Phi) is 5.94. The zero-order chi connectivity index (χ0) is 11.9. The Hall–Kier alpha value is -1.09. The van der Waals surface area contributed by atoms with Gasteiger partial charge in [0.1, 0.15) is 0 Å². The first-order valence-electron chi connectivity index (χ1n) is 4.74. The molecule has 86 valence electrons. The molecule has 0 spiro atoms. The molecule has 15 heavy (non-hydrogen) atoms. The molecule has 0 aliphatic heterocycles. The third-order valence-electron chi connectivity index (χ3n) is 2.05. The predicted molar refractivity (Wildman–Crippen MR) is 56.8 cm³/mol. The van der Waals surface area contributed by atoms with Gasteiger partial charge in [-0.25, -0.2) is 8.42 Å². The number of sulfone groups is 1. The van der Waals surface area contributed by atoms with Gasteiger partial charge in [0.25, 0.3) is 0 Å². The van der Waals surface area contributed by atoms with Gasteiger partial charge in [0, 0.05) is 25.8 Å². The largest absolute Gasteiger partial charge is 0.345 e. The van der Waals surface area contributed by atoms with Crippen molar-refractivity contribution in [2.45, 2.75) is 19.8 Å². The zero-order valence-electron chi connectivity index (χ0n) is 9.06. The fourth-order valence-corrected chi connectivity index (χ4v) is 1.69. The molecule has 0 rings (SSSR count). The summed E-state index contributed by atoms with van der Waals surface area (Å²) in [6, 6.07) is 1.92. The molecule has 0 bridgehead atoms. The van der Waals surface area contributed by atoms with Crippen molar-refractivity contribution in [2.75, 3.05) is 25.1 Å². The van der Waals surface area contributed by atoms with Crippen LogP contribution in [-0.4, -0.2) is 44.3 Å². The van der Waals surface area contributed by atoms with Crippen molar-refractivity contribution in [2.24, 2.45) is 0 Å². The summed E-state index contributed by atoms with van der Waals surface area (Å²) >= 11 is 0. The standard InChI is InChI=1S/C9H16N2O3S/c1-3-15(13,14)8-5-9(12)11(2)7-4-6-10/h3-5,7-8H2,1-2H3. The highest BCUT2D eigenvalue weighted by Crippen LogP contribution is 1.98. The minimum Gasteiger partial charge on any atom is -0.345 e. The normalized spacial score (nSPS) is 10.7. The quantitative estimate of drug-likeness (QED) is 0.654. The van der Waals surface area contributed by atoms with Gasteiger partial charge >= 0.3 is 0 Å². The van der Waals surface area contributed by atoms with Crippen LogP contribution in [0.1, 0.15) is 19.8 Å². The number of hydrogen-bond donors (Lipinski definition) is 0. The molecule has 0 aromatic carbocycles. The molecule has 0 aromatic heterocycles. The van der Waals surface area contributed by atoms with Crippen LogP contribution in [0.5, 0.6) is 0 Å². The summed E-state index contributed by atoms with van der Waals surface area (Å²) in [5.74, 6) is -0.288. The Morgan fingerprint density at radius 2 is 2.07 bits per heavy atom. The highest BCUT2D eigenvalue weighted by Gasteiger charge is 2.13. The number of nitriles is 1. The third kappa shape index (κ3) is 6.07. The van der Waals surface area contributed by atoms with Crippen molar-refractivity contribution in [1.82, 2.24) is 4.90 Å². The number of rotatable bonds is 6. The number of nitrogens with zero attached hydrogens (tertiary/aromatic N) is 2. The fraction of sp³-hybridized carbons (Fsp3) is 0.778. The van der Waals surface area contributed by atoms with Gasteiger partial charge in [-0.1, -0.05) is 6.92 Å². The average Bonchev–Trinajstić information content (AvgIpc) is 2.22. The van der Waals surface area contributed by atoms with Crippen molar-refractivity contribution in [3.63, 3.8) is 0 Å². The van der Waals surface area contributed by atoms with Gasteiger partial charge in [0.2, 0.25) is 5.91 Å². The lowest BCUT2D eigenvalue weighted by atomic mass is 10.3. The topological polar surface area (TPSA) is 78.2 Å². The van der Waals surface area contributed by atoms with E-state index in [0.717, 1.165) is 0 Å². The van der Waals surface area contributed by atoms with E-state index in [1.165, 1.54) is 4.90 Å². The molecule has 0 unspecified atom stereocenters. The van der Waals surface area contributed by atoms with Crippen LogP contribution in [0.25, 0.3) is 0 Å². The van der Waals surface area contributed by atoms with Crippen LogP contribution in [0.15, 0.2) is 0 Å². The summed E-state index contributed by atoms with van der Waals surface area (Å²) in [6.07, 6.45) is 0.265. The number of hydrogen-bond acceptors (Lipinski definition) is 4. The van der Waals surface area contributed by atoms with E-state index in [9.17, 15) is 13.2 Å². The first-order chi connectivity index (χ1) is 6.93. The maximum atomic E-state index is 11.4. The minimum absolute atomic E-state index is 0.00188. The van der Waals surface area contributed by atoms with Gasteiger partial charge in [-0.2, -0.15) is 5.26 Å². The fourth-order valence-electron chi connectivity index (χ4n) is 0.920. The molecule has 0 aliphatic rings. The monoisotopic (exact) mass is 232 g/mol. The maximum absolute atomic E-state index is 11.4. The van der Waals surface area contributed by atoms with Crippen molar-refractivity contribution in [3.8, 4) is 6.07 Å². The van der Waals surface area contributed by atoms with E-state index >= 15 is 0 Å². The van der Waals surface area contributed by atoms with Gasteiger partial charge in [0.05, 0.1) is 18.2 Å². The smallest absolute Gasteiger partial charge is 0.223 e.